The summed E-state index contributed by atoms with van der Waals surface area (Å²) < 4.78 is 87.8. The topological polar surface area (TPSA) is 92.6 Å². The first-order chi connectivity index (χ1) is 18.1. The highest BCUT2D eigenvalue weighted by molar-refractivity contribution is 7.91. The molecule has 3 aromatic carbocycles. The molecular weight excluding hydrogens is 530 g/mol. The van der Waals surface area contributed by atoms with E-state index >= 15 is 0 Å². The van der Waals surface area contributed by atoms with E-state index in [0.717, 1.165) is 12.1 Å². The second-order valence-electron chi connectivity index (χ2n) is 8.60. The number of ether oxygens (including phenoxy) is 3. The van der Waals surface area contributed by atoms with Crippen molar-refractivity contribution < 1.29 is 41.1 Å². The van der Waals surface area contributed by atoms with Gasteiger partial charge in [0.05, 0.1) is 47.7 Å². The summed E-state index contributed by atoms with van der Waals surface area (Å²) in [5, 5.41) is 11.4. The van der Waals surface area contributed by atoms with E-state index in [4.69, 9.17) is 9.47 Å². The summed E-state index contributed by atoms with van der Waals surface area (Å²) in [6.07, 6.45) is -6.05. The zero-order valence-corrected chi connectivity index (χ0v) is 20.7. The molecule has 2 heterocycles. The maximum Gasteiger partial charge on any atom is 0.573 e. The minimum atomic E-state index is -4.87. The number of aliphatic hydroxyl groups is 1. The van der Waals surface area contributed by atoms with Crippen molar-refractivity contribution in [2.24, 2.45) is 4.36 Å². The number of aliphatic hydroxyl groups excluding tert-OH is 1. The van der Waals surface area contributed by atoms with Crippen LogP contribution in [0, 0.1) is 5.82 Å². The molecule has 2 aliphatic rings. The number of alkyl halides is 3. The molecule has 38 heavy (non-hydrogen) atoms. The Labute approximate surface area is 216 Å². The molecule has 8 nitrogen and oxygen atoms in total. The van der Waals surface area contributed by atoms with E-state index in [1.807, 2.05) is 0 Å². The van der Waals surface area contributed by atoms with Crippen molar-refractivity contribution in [3.05, 3.63) is 72.5 Å². The molecule has 0 aromatic heterocycles. The number of hydrogen-bond acceptors (Lipinski definition) is 7. The van der Waals surface area contributed by atoms with Gasteiger partial charge in [0.1, 0.15) is 21.5 Å². The maximum absolute atomic E-state index is 14.3. The molecule has 0 radical (unpaired) electrons. The first-order valence-electron chi connectivity index (χ1n) is 11.5. The first-order valence-corrected chi connectivity index (χ1v) is 13.0. The number of anilines is 2. The van der Waals surface area contributed by atoms with Gasteiger partial charge in [0.25, 0.3) is 0 Å². The molecule has 0 saturated carbocycles. The fraction of sp³-hybridized carbons (Fsp3) is 0.280. The van der Waals surface area contributed by atoms with Crippen molar-refractivity contribution in [2.75, 3.05) is 25.2 Å². The Morgan fingerprint density at radius 3 is 2.47 bits per heavy atom. The Kier molecular flexibility index (Phi) is 6.94. The number of halogens is 4. The fourth-order valence-corrected chi connectivity index (χ4v) is 6.06. The van der Waals surface area contributed by atoms with Gasteiger partial charge in [-0.2, -0.15) is 0 Å². The molecule has 4 unspecified atom stereocenters. The number of nitrogens with one attached hydrogen (secondary N) is 1. The Morgan fingerprint density at radius 1 is 1.05 bits per heavy atom. The van der Waals surface area contributed by atoms with Gasteiger partial charge >= 0.3 is 6.36 Å². The molecule has 0 amide bonds. The lowest BCUT2D eigenvalue weighted by Gasteiger charge is -2.44. The summed E-state index contributed by atoms with van der Waals surface area (Å²) in [5.74, 6) is -0.0798. The van der Waals surface area contributed by atoms with E-state index in [1.54, 1.807) is 29.2 Å². The fourth-order valence-electron chi connectivity index (χ4n) is 4.48. The maximum atomic E-state index is 14.3. The molecule has 1 saturated heterocycles. The lowest BCUT2D eigenvalue weighted by Crippen LogP contribution is -2.60. The molecule has 0 spiro atoms. The highest BCUT2D eigenvalue weighted by Crippen LogP contribution is 2.48. The molecule has 0 aliphatic carbocycles. The van der Waals surface area contributed by atoms with Crippen molar-refractivity contribution in [1.82, 2.24) is 4.72 Å². The van der Waals surface area contributed by atoms with Crippen LogP contribution < -0.4 is 19.1 Å². The van der Waals surface area contributed by atoms with Gasteiger partial charge in [0.2, 0.25) is 0 Å². The van der Waals surface area contributed by atoms with Crippen LogP contribution in [0.25, 0.3) is 0 Å². The van der Waals surface area contributed by atoms with E-state index in [1.165, 1.54) is 37.4 Å². The van der Waals surface area contributed by atoms with Crippen molar-refractivity contribution in [3.63, 3.8) is 0 Å². The zero-order valence-electron chi connectivity index (χ0n) is 19.9. The average Bonchev–Trinajstić information content (AvgIpc) is 2.88. The largest absolute Gasteiger partial charge is 0.573 e. The number of fused-ring (bicyclic) bond motifs is 2. The molecule has 0 bridgehead atoms. The van der Waals surface area contributed by atoms with Gasteiger partial charge in [-0.05, 0) is 48.5 Å². The summed E-state index contributed by atoms with van der Waals surface area (Å²) in [6.45, 7) is 0.0407. The molecule has 3 aromatic rings. The standard InChI is InChI=1S/C25H23F4N3O5S/c1-30-38(34,17-9-7-16(8-10-17)37-25(27,28)29)31-18-13-35-14-21(24(18)33)32-19-4-2-3-5-22(19)36-23-11-6-15(26)12-20(23)32/h2-12,18,21,24,33H,13-14H2,1H3,(H,30,31,34). The normalized spacial score (nSPS) is 22.5. The Hall–Kier alpha value is -3.39. The van der Waals surface area contributed by atoms with Crippen LogP contribution in [0.4, 0.5) is 28.9 Å². The summed E-state index contributed by atoms with van der Waals surface area (Å²) in [6, 6.07) is 14.0. The highest BCUT2D eigenvalue weighted by Gasteiger charge is 2.41. The second-order valence-corrected chi connectivity index (χ2v) is 10.7. The van der Waals surface area contributed by atoms with E-state index in [2.05, 4.69) is 13.8 Å². The minimum absolute atomic E-state index is 0.0263. The van der Waals surface area contributed by atoms with Crippen molar-refractivity contribution >= 4 is 21.3 Å². The molecule has 1 fully saturated rings. The highest BCUT2D eigenvalue weighted by atomic mass is 32.2. The molecule has 202 valence electrons. The molecular formula is C25H23F4N3O5S. The van der Waals surface area contributed by atoms with Gasteiger partial charge < -0.3 is 24.2 Å². The Balaban J connectivity index is 1.43. The van der Waals surface area contributed by atoms with Crippen molar-refractivity contribution in [1.29, 1.82) is 0 Å². The third kappa shape index (κ3) is 5.14. The monoisotopic (exact) mass is 553 g/mol. The predicted octanol–water partition coefficient (Wildman–Crippen LogP) is 4.76. The molecule has 2 N–H and O–H groups in total. The smallest absolute Gasteiger partial charge is 0.453 e. The van der Waals surface area contributed by atoms with Gasteiger partial charge in [-0.25, -0.2) is 17.7 Å². The van der Waals surface area contributed by atoms with Crippen molar-refractivity contribution in [3.8, 4) is 17.2 Å². The van der Waals surface area contributed by atoms with Gasteiger partial charge in [0, 0.05) is 13.1 Å². The minimum Gasteiger partial charge on any atom is -0.453 e. The number of benzene rings is 3. The van der Waals surface area contributed by atoms with Gasteiger partial charge in [-0.1, -0.05) is 12.1 Å². The molecule has 4 atom stereocenters. The van der Waals surface area contributed by atoms with Gasteiger partial charge in [0.15, 0.2) is 11.5 Å². The predicted molar refractivity (Wildman–Crippen MR) is 130 cm³/mol. The molecule has 2 aliphatic heterocycles. The van der Waals surface area contributed by atoms with Crippen LogP contribution in [-0.4, -0.2) is 54.1 Å². The molecule has 5 rings (SSSR count). The summed E-state index contributed by atoms with van der Waals surface area (Å²) >= 11 is 0. The first kappa shape index (κ1) is 26.2. The Morgan fingerprint density at radius 2 is 1.76 bits per heavy atom. The average molecular weight is 554 g/mol. The van der Waals surface area contributed by atoms with E-state index in [-0.39, 0.29) is 18.1 Å². The third-order valence-electron chi connectivity index (χ3n) is 6.19. The van der Waals surface area contributed by atoms with Crippen LogP contribution in [0.15, 0.2) is 76.0 Å². The number of nitrogens with zero attached hydrogens (tertiary/aromatic N) is 2. The summed E-state index contributed by atoms with van der Waals surface area (Å²) in [5.41, 5.74) is 0.971. The van der Waals surface area contributed by atoms with Crippen molar-refractivity contribution in [2.45, 2.75) is 29.4 Å². The van der Waals surface area contributed by atoms with E-state index < -0.39 is 46.0 Å². The van der Waals surface area contributed by atoms with Gasteiger partial charge in [-0.3, -0.25) is 0 Å². The van der Waals surface area contributed by atoms with Crippen LogP contribution in [0.5, 0.6) is 17.2 Å². The summed E-state index contributed by atoms with van der Waals surface area (Å²) in [4.78, 5) is 1.82. The van der Waals surface area contributed by atoms with E-state index in [9.17, 15) is 26.9 Å². The lowest BCUT2D eigenvalue weighted by atomic mass is 9.98. The van der Waals surface area contributed by atoms with Crippen LogP contribution in [0.3, 0.4) is 0 Å². The second kappa shape index (κ2) is 10.1. The number of para-hydroxylation sites is 2. The third-order valence-corrected chi connectivity index (χ3v) is 8.24. The van der Waals surface area contributed by atoms with Crippen LogP contribution in [-0.2, 0) is 14.7 Å². The van der Waals surface area contributed by atoms with E-state index in [0.29, 0.717) is 22.9 Å². The zero-order chi connectivity index (χ0) is 27.1. The van der Waals surface area contributed by atoms with Gasteiger partial charge in [-0.15, -0.1) is 13.2 Å². The number of rotatable bonds is 5. The lowest BCUT2D eigenvalue weighted by molar-refractivity contribution is -0.274. The molecule has 13 heteroatoms. The quantitative estimate of drug-likeness (QED) is 0.443. The number of hydrogen-bond donors (Lipinski definition) is 2. The van der Waals surface area contributed by atoms with Crippen LogP contribution >= 0.6 is 0 Å². The SMILES string of the molecule is CN=S(=O)(NC1COCC(N2c3ccccc3Oc3ccc(F)cc32)C1O)c1ccc(OC(F)(F)F)cc1. The summed E-state index contributed by atoms with van der Waals surface area (Å²) in [7, 11) is -2.09. The Bertz CT molecular complexity index is 1440. The van der Waals surface area contributed by atoms with Crippen LogP contribution in [0.2, 0.25) is 0 Å². The van der Waals surface area contributed by atoms with Crippen LogP contribution in [0.1, 0.15) is 0 Å².